The van der Waals surface area contributed by atoms with Crippen molar-refractivity contribution >= 4 is 17.7 Å². The molecule has 0 atom stereocenters. The van der Waals surface area contributed by atoms with E-state index in [2.05, 4.69) is 15.4 Å². The van der Waals surface area contributed by atoms with Crippen LogP contribution in [-0.2, 0) is 4.74 Å². The topological polar surface area (TPSA) is 86.1 Å². The van der Waals surface area contributed by atoms with Gasteiger partial charge in [0.25, 0.3) is 0 Å². The molecule has 0 bridgehead atoms. The third-order valence-corrected chi connectivity index (χ3v) is 3.35. The first-order valence-corrected chi connectivity index (χ1v) is 7.72. The number of ketones is 1. The van der Waals surface area contributed by atoms with Crippen LogP contribution in [-0.4, -0.2) is 32.2 Å². The van der Waals surface area contributed by atoms with E-state index in [1.807, 2.05) is 0 Å². The molecule has 0 radical (unpaired) electrons. The predicted molar refractivity (Wildman–Crippen MR) is 90.7 cm³/mol. The SMILES string of the molecule is CC(=O)c1cnn(-c2nc(NC(=O)OC(C)(C)C)c(F)cc2C)c1C. The molecule has 0 saturated heterocycles. The number of rotatable bonds is 3. The summed E-state index contributed by atoms with van der Waals surface area (Å²) in [5.74, 6) is -0.772. The minimum absolute atomic E-state index is 0.129. The summed E-state index contributed by atoms with van der Waals surface area (Å²) in [5.41, 5.74) is 0.821. The van der Waals surface area contributed by atoms with Gasteiger partial charge in [0.15, 0.2) is 23.2 Å². The van der Waals surface area contributed by atoms with E-state index in [4.69, 9.17) is 4.74 Å². The van der Waals surface area contributed by atoms with Crippen molar-refractivity contribution in [1.82, 2.24) is 14.8 Å². The fourth-order valence-corrected chi connectivity index (χ4v) is 2.24. The Labute approximate surface area is 145 Å². The molecule has 0 aromatic carbocycles. The Morgan fingerprint density at radius 1 is 1.28 bits per heavy atom. The second kappa shape index (κ2) is 6.62. The van der Waals surface area contributed by atoms with Crippen LogP contribution in [0.4, 0.5) is 15.0 Å². The number of ether oxygens (including phenoxy) is 1. The molecule has 1 N–H and O–H groups in total. The highest BCUT2D eigenvalue weighted by atomic mass is 19.1. The maximum atomic E-state index is 14.2. The smallest absolute Gasteiger partial charge is 0.413 e. The van der Waals surface area contributed by atoms with Gasteiger partial charge < -0.3 is 4.74 Å². The van der Waals surface area contributed by atoms with Crippen molar-refractivity contribution in [2.75, 3.05) is 5.32 Å². The van der Waals surface area contributed by atoms with E-state index in [9.17, 15) is 14.0 Å². The molecular weight excluding hydrogens is 327 g/mol. The number of aromatic nitrogens is 3. The predicted octanol–water partition coefficient (Wildman–Crippen LogP) is 3.57. The van der Waals surface area contributed by atoms with E-state index in [0.29, 0.717) is 22.6 Å². The summed E-state index contributed by atoms with van der Waals surface area (Å²) < 4.78 is 20.7. The quantitative estimate of drug-likeness (QED) is 0.857. The Balaban J connectivity index is 2.41. The van der Waals surface area contributed by atoms with E-state index in [1.54, 1.807) is 34.6 Å². The number of carbonyl (C=O) groups is 2. The van der Waals surface area contributed by atoms with Gasteiger partial charge in [-0.05, 0) is 53.2 Å². The largest absolute Gasteiger partial charge is 0.444 e. The molecule has 2 heterocycles. The zero-order chi connectivity index (χ0) is 18.9. The molecule has 0 aliphatic heterocycles. The molecule has 2 aromatic heterocycles. The van der Waals surface area contributed by atoms with Gasteiger partial charge in [0.1, 0.15) is 5.60 Å². The van der Waals surface area contributed by atoms with Gasteiger partial charge in [-0.3, -0.25) is 10.1 Å². The number of aryl methyl sites for hydroxylation is 1. The van der Waals surface area contributed by atoms with Crippen LogP contribution in [0.25, 0.3) is 5.82 Å². The standard InChI is InChI=1S/C17H21FN4O3/c1-9-7-13(18)14(21-16(24)25-17(4,5)6)20-15(9)22-10(2)12(8-19-22)11(3)23/h7-8H,1-6H3,(H,20,21,24). The number of pyridine rings is 1. The molecule has 0 spiro atoms. The first-order chi connectivity index (χ1) is 11.5. The summed E-state index contributed by atoms with van der Waals surface area (Å²) in [6.45, 7) is 9.93. The molecule has 2 rings (SSSR count). The third kappa shape index (κ3) is 4.20. The van der Waals surface area contributed by atoms with Gasteiger partial charge in [0, 0.05) is 0 Å². The van der Waals surface area contributed by atoms with Crippen molar-refractivity contribution in [1.29, 1.82) is 0 Å². The van der Waals surface area contributed by atoms with Crippen LogP contribution in [0.15, 0.2) is 12.3 Å². The van der Waals surface area contributed by atoms with Gasteiger partial charge >= 0.3 is 6.09 Å². The molecule has 0 unspecified atom stereocenters. The molecule has 134 valence electrons. The first kappa shape index (κ1) is 18.6. The Morgan fingerprint density at radius 2 is 1.92 bits per heavy atom. The molecule has 0 aliphatic rings. The first-order valence-electron chi connectivity index (χ1n) is 7.72. The maximum absolute atomic E-state index is 14.2. The van der Waals surface area contributed by atoms with Crippen molar-refractivity contribution < 1.29 is 18.7 Å². The van der Waals surface area contributed by atoms with E-state index < -0.39 is 17.5 Å². The number of hydrogen-bond donors (Lipinski definition) is 1. The summed E-state index contributed by atoms with van der Waals surface area (Å²) in [4.78, 5) is 27.6. The number of Topliss-reactive ketones (excluding diaryl/α,β-unsaturated/α-hetero) is 1. The van der Waals surface area contributed by atoms with E-state index in [1.165, 1.54) is 23.9 Å². The molecule has 0 aliphatic carbocycles. The highest BCUT2D eigenvalue weighted by Gasteiger charge is 2.20. The van der Waals surface area contributed by atoms with Gasteiger partial charge in [-0.2, -0.15) is 5.10 Å². The molecule has 0 saturated carbocycles. The van der Waals surface area contributed by atoms with Gasteiger partial charge in [0.05, 0.1) is 17.5 Å². The minimum atomic E-state index is -0.810. The van der Waals surface area contributed by atoms with Crippen LogP contribution in [0.3, 0.4) is 0 Å². The highest BCUT2D eigenvalue weighted by Crippen LogP contribution is 2.22. The van der Waals surface area contributed by atoms with Gasteiger partial charge in [-0.1, -0.05) is 0 Å². The van der Waals surface area contributed by atoms with E-state index >= 15 is 0 Å². The summed E-state index contributed by atoms with van der Waals surface area (Å²) in [7, 11) is 0. The fourth-order valence-electron chi connectivity index (χ4n) is 2.24. The van der Waals surface area contributed by atoms with Crippen molar-refractivity contribution in [3.8, 4) is 5.82 Å². The number of halogens is 1. The second-order valence-corrected chi connectivity index (χ2v) is 6.70. The fraction of sp³-hybridized carbons (Fsp3) is 0.412. The molecular formula is C17H21FN4O3. The number of nitrogens with one attached hydrogen (secondary N) is 1. The molecule has 25 heavy (non-hydrogen) atoms. The number of hydrogen-bond acceptors (Lipinski definition) is 5. The van der Waals surface area contributed by atoms with E-state index in [-0.39, 0.29) is 11.6 Å². The van der Waals surface area contributed by atoms with Crippen molar-refractivity contribution in [3.63, 3.8) is 0 Å². The van der Waals surface area contributed by atoms with Gasteiger partial charge in [-0.15, -0.1) is 0 Å². The van der Waals surface area contributed by atoms with Crippen LogP contribution in [0.2, 0.25) is 0 Å². The number of carbonyl (C=O) groups excluding carboxylic acids is 2. The van der Waals surface area contributed by atoms with Crippen molar-refractivity contribution in [2.45, 2.75) is 47.1 Å². The third-order valence-electron chi connectivity index (χ3n) is 3.35. The molecule has 1 amide bonds. The number of nitrogens with zero attached hydrogens (tertiary/aromatic N) is 3. The number of amides is 1. The van der Waals surface area contributed by atoms with Gasteiger partial charge in [0.2, 0.25) is 0 Å². The summed E-state index contributed by atoms with van der Waals surface area (Å²) in [6, 6.07) is 1.24. The summed E-state index contributed by atoms with van der Waals surface area (Å²) in [6.07, 6.45) is 0.624. The Hall–Kier alpha value is -2.77. The van der Waals surface area contributed by atoms with Crippen LogP contribution < -0.4 is 5.32 Å². The number of anilines is 1. The minimum Gasteiger partial charge on any atom is -0.444 e. The van der Waals surface area contributed by atoms with Crippen LogP contribution >= 0.6 is 0 Å². The Kier molecular flexibility index (Phi) is 4.92. The lowest BCUT2D eigenvalue weighted by atomic mass is 10.2. The van der Waals surface area contributed by atoms with Crippen LogP contribution in [0.5, 0.6) is 0 Å². The average molecular weight is 348 g/mol. The lowest BCUT2D eigenvalue weighted by Gasteiger charge is -2.20. The summed E-state index contributed by atoms with van der Waals surface area (Å²) in [5, 5.41) is 6.44. The van der Waals surface area contributed by atoms with Crippen molar-refractivity contribution in [2.24, 2.45) is 0 Å². The molecule has 2 aromatic rings. The lowest BCUT2D eigenvalue weighted by Crippen LogP contribution is -2.28. The van der Waals surface area contributed by atoms with E-state index in [0.717, 1.165) is 0 Å². The Bertz CT molecular complexity index is 837. The average Bonchev–Trinajstić information content (AvgIpc) is 2.81. The van der Waals surface area contributed by atoms with Gasteiger partial charge in [-0.25, -0.2) is 18.9 Å². The lowest BCUT2D eigenvalue weighted by molar-refractivity contribution is 0.0634. The second-order valence-electron chi connectivity index (χ2n) is 6.70. The zero-order valence-corrected chi connectivity index (χ0v) is 15.1. The molecule has 8 heteroatoms. The molecule has 0 fully saturated rings. The summed E-state index contributed by atoms with van der Waals surface area (Å²) >= 11 is 0. The normalized spacial score (nSPS) is 11.3. The van der Waals surface area contributed by atoms with Crippen LogP contribution in [0, 0.1) is 19.7 Å². The maximum Gasteiger partial charge on any atom is 0.413 e. The Morgan fingerprint density at radius 3 is 2.44 bits per heavy atom. The monoisotopic (exact) mass is 348 g/mol. The van der Waals surface area contributed by atoms with Crippen molar-refractivity contribution in [3.05, 3.63) is 34.9 Å². The zero-order valence-electron chi connectivity index (χ0n) is 15.1. The van der Waals surface area contributed by atoms with Crippen LogP contribution in [0.1, 0.15) is 49.3 Å². The molecule has 7 nitrogen and oxygen atoms in total. The highest BCUT2D eigenvalue weighted by molar-refractivity contribution is 5.95.